The van der Waals surface area contributed by atoms with Crippen LogP contribution in [0.5, 0.6) is 0 Å². The maximum absolute atomic E-state index is 11.7. The summed E-state index contributed by atoms with van der Waals surface area (Å²) >= 11 is 0. The van der Waals surface area contributed by atoms with Gasteiger partial charge in [-0.05, 0) is 0 Å². The number of nitrogens with zero attached hydrogens (tertiary/aromatic N) is 1. The van der Waals surface area contributed by atoms with E-state index in [1.807, 2.05) is 6.07 Å². The first kappa shape index (κ1) is 14.9. The number of hydrazone groups is 1. The number of carbonyl (C=O) groups is 2. The number of rotatable bonds is 3. The molecule has 0 spiro atoms. The highest BCUT2D eigenvalue weighted by Gasteiger charge is 2.22. The van der Waals surface area contributed by atoms with Gasteiger partial charge in [-0.3, -0.25) is 4.79 Å². The maximum Gasteiger partial charge on any atom is 0.359 e. The molecular weight excluding hydrogens is 244 g/mol. The summed E-state index contributed by atoms with van der Waals surface area (Å²) in [5.41, 5.74) is 2.46. The molecule has 0 fully saturated rings. The van der Waals surface area contributed by atoms with Crippen molar-refractivity contribution in [2.24, 2.45) is 10.5 Å². The van der Waals surface area contributed by atoms with Gasteiger partial charge in [0.1, 0.15) is 0 Å². The summed E-state index contributed by atoms with van der Waals surface area (Å²) in [6, 6.07) is 8.82. The van der Waals surface area contributed by atoms with E-state index in [2.05, 4.69) is 15.3 Å². The quantitative estimate of drug-likeness (QED) is 0.512. The number of methoxy groups -OCH3 is 1. The molecule has 0 saturated heterocycles. The first-order valence-corrected chi connectivity index (χ1v) is 5.88. The molecule has 1 N–H and O–H groups in total. The lowest BCUT2D eigenvalue weighted by Gasteiger charge is -2.15. The summed E-state index contributed by atoms with van der Waals surface area (Å²) in [6.07, 6.45) is 0. The molecule has 102 valence electrons. The van der Waals surface area contributed by atoms with Crippen molar-refractivity contribution < 1.29 is 14.3 Å². The van der Waals surface area contributed by atoms with Crippen molar-refractivity contribution in [3.8, 4) is 0 Å². The molecule has 1 aromatic carbocycles. The highest BCUT2D eigenvalue weighted by atomic mass is 16.5. The summed E-state index contributed by atoms with van der Waals surface area (Å²) < 4.78 is 4.66. The van der Waals surface area contributed by atoms with Crippen molar-refractivity contribution in [2.45, 2.75) is 20.8 Å². The van der Waals surface area contributed by atoms with Crippen LogP contribution < -0.4 is 5.43 Å². The summed E-state index contributed by atoms with van der Waals surface area (Å²) in [7, 11) is 1.27. The standard InChI is InChI=1S/C14H18N2O3/c1-14(2,3)13(18)16-15-11(12(17)19-4)10-8-6-5-7-9-10/h5-9H,1-4H3,(H,16,18). The molecule has 0 heterocycles. The molecule has 0 atom stereocenters. The molecule has 0 aliphatic heterocycles. The van der Waals surface area contributed by atoms with E-state index in [-0.39, 0.29) is 11.6 Å². The molecular formula is C14H18N2O3. The van der Waals surface area contributed by atoms with Crippen LogP contribution in [-0.4, -0.2) is 24.7 Å². The zero-order valence-electron chi connectivity index (χ0n) is 11.6. The number of ether oxygens (including phenoxy) is 1. The third-order valence-corrected chi connectivity index (χ3v) is 2.38. The van der Waals surface area contributed by atoms with Gasteiger partial charge in [0.15, 0.2) is 5.71 Å². The minimum atomic E-state index is -0.597. The van der Waals surface area contributed by atoms with Crippen molar-refractivity contribution >= 4 is 17.6 Å². The average molecular weight is 262 g/mol. The van der Waals surface area contributed by atoms with Crippen LogP contribution in [0.3, 0.4) is 0 Å². The lowest BCUT2D eigenvalue weighted by Crippen LogP contribution is -2.33. The SMILES string of the molecule is COC(=O)C(=NNC(=O)C(C)(C)C)c1ccccc1. The van der Waals surface area contributed by atoms with Crippen LogP contribution in [0.1, 0.15) is 26.3 Å². The Morgan fingerprint density at radius 1 is 1.16 bits per heavy atom. The van der Waals surface area contributed by atoms with Gasteiger partial charge < -0.3 is 4.74 Å². The smallest absolute Gasteiger partial charge is 0.359 e. The molecule has 0 aliphatic rings. The highest BCUT2D eigenvalue weighted by Crippen LogP contribution is 2.12. The molecule has 5 heteroatoms. The van der Waals surface area contributed by atoms with E-state index in [9.17, 15) is 9.59 Å². The topological polar surface area (TPSA) is 67.8 Å². The fourth-order valence-electron chi connectivity index (χ4n) is 1.20. The second-order valence-electron chi connectivity index (χ2n) is 5.01. The van der Waals surface area contributed by atoms with Gasteiger partial charge in [-0.1, -0.05) is 51.1 Å². The third kappa shape index (κ3) is 4.21. The van der Waals surface area contributed by atoms with Crippen LogP contribution >= 0.6 is 0 Å². The Hall–Kier alpha value is -2.17. The number of amides is 1. The number of hydrogen-bond donors (Lipinski definition) is 1. The molecule has 1 amide bonds. The Morgan fingerprint density at radius 3 is 2.21 bits per heavy atom. The van der Waals surface area contributed by atoms with Gasteiger partial charge in [-0.15, -0.1) is 0 Å². The van der Waals surface area contributed by atoms with Crippen LogP contribution in [-0.2, 0) is 14.3 Å². The molecule has 0 aromatic heterocycles. The molecule has 5 nitrogen and oxygen atoms in total. The third-order valence-electron chi connectivity index (χ3n) is 2.38. The zero-order chi connectivity index (χ0) is 14.5. The minimum absolute atomic E-state index is 0.0701. The lowest BCUT2D eigenvalue weighted by molar-refractivity contribution is -0.132. The maximum atomic E-state index is 11.7. The molecule has 19 heavy (non-hydrogen) atoms. The fraction of sp³-hybridized carbons (Fsp3) is 0.357. The number of hydrogen-bond acceptors (Lipinski definition) is 4. The van der Waals surface area contributed by atoms with Crippen LogP contribution in [0.15, 0.2) is 35.4 Å². The number of nitrogens with one attached hydrogen (secondary N) is 1. The number of carbonyl (C=O) groups excluding carboxylic acids is 2. The number of esters is 1. The van der Waals surface area contributed by atoms with Crippen molar-refractivity contribution in [3.63, 3.8) is 0 Å². The largest absolute Gasteiger partial charge is 0.464 e. The van der Waals surface area contributed by atoms with E-state index in [0.717, 1.165) is 0 Å². The van der Waals surface area contributed by atoms with Crippen LogP contribution in [0, 0.1) is 5.41 Å². The number of benzene rings is 1. The molecule has 0 unspecified atom stereocenters. The molecule has 0 saturated carbocycles. The normalized spacial score (nSPS) is 11.9. The van der Waals surface area contributed by atoms with Crippen LogP contribution in [0.2, 0.25) is 0 Å². The van der Waals surface area contributed by atoms with Gasteiger partial charge in [0.05, 0.1) is 7.11 Å². The van der Waals surface area contributed by atoms with Crippen molar-refractivity contribution in [1.82, 2.24) is 5.43 Å². The predicted molar refractivity (Wildman–Crippen MR) is 72.6 cm³/mol. The first-order valence-electron chi connectivity index (χ1n) is 5.88. The Labute approximate surface area is 112 Å². The van der Waals surface area contributed by atoms with Crippen molar-refractivity contribution in [2.75, 3.05) is 7.11 Å². The summed E-state index contributed by atoms with van der Waals surface area (Å²) in [6.45, 7) is 5.29. The Balaban J connectivity index is 3.00. The van der Waals surface area contributed by atoms with Gasteiger partial charge in [0, 0.05) is 11.0 Å². The average Bonchev–Trinajstić information content (AvgIpc) is 2.38. The molecule has 1 aromatic rings. The van der Waals surface area contributed by atoms with Crippen LogP contribution in [0.25, 0.3) is 0 Å². The summed E-state index contributed by atoms with van der Waals surface area (Å²) in [4.78, 5) is 23.4. The van der Waals surface area contributed by atoms with Gasteiger partial charge in [-0.25, -0.2) is 10.2 Å². The Morgan fingerprint density at radius 2 is 1.74 bits per heavy atom. The van der Waals surface area contributed by atoms with E-state index in [1.54, 1.807) is 45.0 Å². The van der Waals surface area contributed by atoms with E-state index in [4.69, 9.17) is 0 Å². The van der Waals surface area contributed by atoms with E-state index in [0.29, 0.717) is 5.56 Å². The van der Waals surface area contributed by atoms with E-state index < -0.39 is 11.4 Å². The van der Waals surface area contributed by atoms with Crippen molar-refractivity contribution in [1.29, 1.82) is 0 Å². The highest BCUT2D eigenvalue weighted by molar-refractivity contribution is 6.43. The zero-order valence-corrected chi connectivity index (χ0v) is 11.6. The Kier molecular flexibility index (Phi) is 4.80. The molecule has 1 rings (SSSR count). The fourth-order valence-corrected chi connectivity index (χ4v) is 1.20. The van der Waals surface area contributed by atoms with Crippen molar-refractivity contribution in [3.05, 3.63) is 35.9 Å². The Bertz CT molecular complexity index is 487. The van der Waals surface area contributed by atoms with Gasteiger partial charge in [0.2, 0.25) is 5.91 Å². The molecule has 0 bridgehead atoms. The van der Waals surface area contributed by atoms with Gasteiger partial charge in [0.25, 0.3) is 0 Å². The minimum Gasteiger partial charge on any atom is -0.464 e. The lowest BCUT2D eigenvalue weighted by atomic mass is 9.96. The first-order chi connectivity index (χ1) is 8.86. The van der Waals surface area contributed by atoms with Gasteiger partial charge in [-0.2, -0.15) is 5.10 Å². The second kappa shape index (κ2) is 6.13. The van der Waals surface area contributed by atoms with Gasteiger partial charge >= 0.3 is 5.97 Å². The summed E-state index contributed by atoms with van der Waals surface area (Å²) in [5, 5.41) is 3.87. The summed E-state index contributed by atoms with van der Waals surface area (Å²) in [5.74, 6) is -0.870. The molecule has 0 radical (unpaired) electrons. The predicted octanol–water partition coefficient (Wildman–Crippen LogP) is 1.73. The van der Waals surface area contributed by atoms with E-state index in [1.165, 1.54) is 7.11 Å². The monoisotopic (exact) mass is 262 g/mol. The van der Waals surface area contributed by atoms with E-state index >= 15 is 0 Å². The van der Waals surface area contributed by atoms with Crippen LogP contribution in [0.4, 0.5) is 0 Å². The molecule has 0 aliphatic carbocycles. The second-order valence-corrected chi connectivity index (χ2v) is 5.01.